The van der Waals surface area contributed by atoms with Gasteiger partial charge >= 0.3 is 12.1 Å². The van der Waals surface area contributed by atoms with Crippen molar-refractivity contribution in [3.63, 3.8) is 0 Å². The Kier molecular flexibility index (Phi) is 11.6. The second-order valence-electron chi connectivity index (χ2n) is 16.1. The zero-order valence-corrected chi connectivity index (χ0v) is 30.4. The van der Waals surface area contributed by atoms with E-state index in [9.17, 15) is 23.6 Å². The van der Waals surface area contributed by atoms with E-state index in [4.69, 9.17) is 18.6 Å². The van der Waals surface area contributed by atoms with Gasteiger partial charge in [0, 0.05) is 30.6 Å². The molecule has 1 saturated heterocycles. The summed E-state index contributed by atoms with van der Waals surface area (Å²) in [6.45, 7) is 5.48. The van der Waals surface area contributed by atoms with Crippen LogP contribution in [0.3, 0.4) is 0 Å². The van der Waals surface area contributed by atoms with E-state index in [-0.39, 0.29) is 41.4 Å². The van der Waals surface area contributed by atoms with E-state index < -0.39 is 36.4 Å². The lowest BCUT2D eigenvalue weighted by Crippen LogP contribution is -2.50. The van der Waals surface area contributed by atoms with Crippen LogP contribution in [0.25, 0.3) is 11.0 Å². The fourth-order valence-corrected chi connectivity index (χ4v) is 8.38. The van der Waals surface area contributed by atoms with Crippen molar-refractivity contribution in [3.8, 4) is 0 Å². The number of nitrogens with zero attached hydrogens (tertiary/aromatic N) is 1. The SMILES string of the molecule is COC1CCC([C@@H]2CCN(C(=O)C3CCC([C@@H](CF)NC(=O)OC(C)(C)C)CC3)[C@H]2C(=O)Nc2ccc3oc(C(=O)OCC4CC4)cc3c2)CC1. The summed E-state index contributed by atoms with van der Waals surface area (Å²) in [6, 6.07) is 5.59. The Balaban J connectivity index is 1.13. The minimum absolute atomic E-state index is 0.0162. The number of carbonyl (C=O) groups excluding carboxylic acids is 4. The number of esters is 1. The summed E-state index contributed by atoms with van der Waals surface area (Å²) in [6.07, 6.45) is 8.54. The van der Waals surface area contributed by atoms with Gasteiger partial charge in [0.05, 0.1) is 18.8 Å². The van der Waals surface area contributed by atoms with Crippen LogP contribution >= 0.6 is 0 Å². The largest absolute Gasteiger partial charge is 0.460 e. The van der Waals surface area contributed by atoms with Gasteiger partial charge in [-0.2, -0.15) is 0 Å². The molecule has 3 saturated carbocycles. The molecule has 4 aliphatic rings. The summed E-state index contributed by atoms with van der Waals surface area (Å²) >= 11 is 0. The third-order valence-electron chi connectivity index (χ3n) is 11.3. The van der Waals surface area contributed by atoms with Crippen molar-refractivity contribution in [2.45, 2.75) is 115 Å². The molecular formula is C39H54FN3O8. The molecule has 2 heterocycles. The van der Waals surface area contributed by atoms with Crippen molar-refractivity contribution in [1.29, 1.82) is 0 Å². The molecule has 0 unspecified atom stereocenters. The Bertz CT molecular complexity index is 1550. The Labute approximate surface area is 299 Å². The van der Waals surface area contributed by atoms with Crippen molar-refractivity contribution in [1.82, 2.24) is 10.2 Å². The Morgan fingerprint density at radius 2 is 1.69 bits per heavy atom. The number of carbonyl (C=O) groups is 4. The van der Waals surface area contributed by atoms with Gasteiger partial charge in [-0.05, 0) is 139 Å². The van der Waals surface area contributed by atoms with Crippen LogP contribution in [0.1, 0.15) is 102 Å². The molecule has 0 spiro atoms. The first-order valence-corrected chi connectivity index (χ1v) is 18.8. The van der Waals surface area contributed by atoms with Crippen LogP contribution in [-0.2, 0) is 23.8 Å². The number of hydrogen-bond acceptors (Lipinski definition) is 8. The molecule has 3 atom stereocenters. The van der Waals surface area contributed by atoms with Crippen LogP contribution in [-0.4, -0.2) is 79.5 Å². The average molecular weight is 712 g/mol. The number of rotatable bonds is 11. The maximum Gasteiger partial charge on any atom is 0.407 e. The van der Waals surface area contributed by atoms with Crippen molar-refractivity contribution in [2.24, 2.45) is 29.6 Å². The first kappa shape index (κ1) is 37.1. The molecule has 0 bridgehead atoms. The van der Waals surface area contributed by atoms with Crippen molar-refractivity contribution in [2.75, 3.05) is 32.3 Å². The highest BCUT2D eigenvalue weighted by Gasteiger charge is 2.47. The van der Waals surface area contributed by atoms with Crippen molar-refractivity contribution in [3.05, 3.63) is 30.0 Å². The maximum absolute atomic E-state index is 14.3. The number of nitrogens with one attached hydrogen (secondary N) is 2. The molecule has 2 aromatic rings. The molecule has 1 aliphatic heterocycles. The molecule has 2 N–H and O–H groups in total. The molecule has 6 rings (SSSR count). The fraction of sp³-hybridized carbons (Fsp3) is 0.692. The maximum atomic E-state index is 14.3. The number of ether oxygens (including phenoxy) is 3. The van der Waals surface area contributed by atoms with E-state index in [0.717, 1.165) is 44.9 Å². The third-order valence-corrected chi connectivity index (χ3v) is 11.3. The van der Waals surface area contributed by atoms with Crippen LogP contribution in [0.5, 0.6) is 0 Å². The molecule has 3 aliphatic carbocycles. The topological polar surface area (TPSA) is 136 Å². The zero-order chi connectivity index (χ0) is 36.3. The van der Waals surface area contributed by atoms with Gasteiger partial charge in [-0.15, -0.1) is 0 Å². The zero-order valence-electron chi connectivity index (χ0n) is 30.4. The Morgan fingerprint density at radius 3 is 2.33 bits per heavy atom. The van der Waals surface area contributed by atoms with E-state index >= 15 is 0 Å². The Morgan fingerprint density at radius 1 is 0.961 bits per heavy atom. The van der Waals surface area contributed by atoms with Gasteiger partial charge in [0.25, 0.3) is 0 Å². The summed E-state index contributed by atoms with van der Waals surface area (Å²) in [5, 5.41) is 6.46. The number of likely N-dealkylation sites (tertiary alicyclic amines) is 1. The molecule has 1 aromatic heterocycles. The summed E-state index contributed by atoms with van der Waals surface area (Å²) < 4.78 is 36.2. The van der Waals surface area contributed by atoms with E-state index in [1.807, 2.05) is 0 Å². The number of amides is 3. The van der Waals surface area contributed by atoms with Crippen LogP contribution in [0.4, 0.5) is 14.9 Å². The number of hydrogen-bond donors (Lipinski definition) is 2. The first-order valence-electron chi connectivity index (χ1n) is 18.8. The first-order chi connectivity index (χ1) is 24.4. The van der Waals surface area contributed by atoms with Crippen LogP contribution in [0.15, 0.2) is 28.7 Å². The number of benzene rings is 1. The van der Waals surface area contributed by atoms with E-state index in [1.54, 1.807) is 57.0 Å². The number of anilines is 1. The van der Waals surface area contributed by atoms with Gasteiger partial charge in [0.15, 0.2) is 0 Å². The van der Waals surface area contributed by atoms with E-state index in [2.05, 4.69) is 10.6 Å². The minimum Gasteiger partial charge on any atom is -0.460 e. The number of furan rings is 1. The third kappa shape index (κ3) is 9.23. The molecule has 280 valence electrons. The quantitative estimate of drug-likeness (QED) is 0.237. The normalized spacial score (nSPS) is 27.5. The summed E-state index contributed by atoms with van der Waals surface area (Å²) in [5.74, 6) is -0.249. The summed E-state index contributed by atoms with van der Waals surface area (Å²) in [5.41, 5.74) is 0.389. The standard InChI is InChI=1S/C39H54FN3O8/c1-39(2,3)51-38(47)42-31(21-40)25-7-9-26(10-8-25)36(45)43-18-17-30(24-11-14-29(48-4)15-12-24)34(43)35(44)41-28-13-16-32-27(19-28)20-33(50-32)37(46)49-22-23-5-6-23/h13,16,19-20,23-26,29-31,34H,5-12,14-15,17-18,21-22H2,1-4H3,(H,41,44)(H,42,47)/t24?,25?,26?,29?,30-,31+,34+/m0/s1. The fourth-order valence-electron chi connectivity index (χ4n) is 8.38. The van der Waals surface area contributed by atoms with Gasteiger partial charge in [-0.3, -0.25) is 9.59 Å². The molecular weight excluding hydrogens is 657 g/mol. The second-order valence-corrected chi connectivity index (χ2v) is 16.1. The summed E-state index contributed by atoms with van der Waals surface area (Å²) in [7, 11) is 1.74. The smallest absolute Gasteiger partial charge is 0.407 e. The molecule has 4 fully saturated rings. The molecule has 12 heteroatoms. The van der Waals surface area contributed by atoms with Crippen LogP contribution < -0.4 is 10.6 Å². The van der Waals surface area contributed by atoms with Crippen molar-refractivity contribution < 1.29 is 42.2 Å². The molecule has 51 heavy (non-hydrogen) atoms. The van der Waals surface area contributed by atoms with Gasteiger partial charge < -0.3 is 34.2 Å². The molecule has 3 amide bonds. The van der Waals surface area contributed by atoms with Gasteiger partial charge in [-0.25, -0.2) is 14.0 Å². The Hall–Kier alpha value is -3.67. The molecule has 0 radical (unpaired) electrons. The highest BCUT2D eigenvalue weighted by atomic mass is 19.1. The number of halogens is 1. The number of alkyl halides is 1. The molecule has 1 aromatic carbocycles. The van der Waals surface area contributed by atoms with Crippen LogP contribution in [0, 0.1) is 29.6 Å². The molecule has 11 nitrogen and oxygen atoms in total. The van der Waals surface area contributed by atoms with Gasteiger partial charge in [-0.1, -0.05) is 0 Å². The second kappa shape index (κ2) is 15.9. The number of fused-ring (bicyclic) bond motifs is 1. The van der Waals surface area contributed by atoms with Gasteiger partial charge in [0.2, 0.25) is 17.6 Å². The number of alkyl carbamates (subject to hydrolysis) is 1. The highest BCUT2D eigenvalue weighted by molar-refractivity contribution is 6.00. The summed E-state index contributed by atoms with van der Waals surface area (Å²) in [4.78, 5) is 55.1. The lowest BCUT2D eigenvalue weighted by molar-refractivity contribution is -0.142. The lowest BCUT2D eigenvalue weighted by Gasteiger charge is -2.38. The predicted molar refractivity (Wildman–Crippen MR) is 189 cm³/mol. The minimum atomic E-state index is -0.708. The highest BCUT2D eigenvalue weighted by Crippen LogP contribution is 2.42. The van der Waals surface area contributed by atoms with Crippen molar-refractivity contribution >= 4 is 40.5 Å². The van der Waals surface area contributed by atoms with Gasteiger partial charge in [0.1, 0.15) is 23.9 Å². The van der Waals surface area contributed by atoms with E-state index in [0.29, 0.717) is 67.3 Å². The average Bonchev–Trinajstić information content (AvgIpc) is 3.67. The van der Waals surface area contributed by atoms with E-state index in [1.165, 1.54) is 0 Å². The lowest BCUT2D eigenvalue weighted by atomic mass is 9.75. The van der Waals surface area contributed by atoms with Crippen LogP contribution in [0.2, 0.25) is 0 Å². The monoisotopic (exact) mass is 711 g/mol. The number of methoxy groups -OCH3 is 1. The predicted octanol–water partition coefficient (Wildman–Crippen LogP) is 7.03.